The molecule has 0 aliphatic carbocycles. The number of hydrogen-bond acceptors (Lipinski definition) is 3. The summed E-state index contributed by atoms with van der Waals surface area (Å²) in [6.07, 6.45) is 2.28. The molecule has 26 heavy (non-hydrogen) atoms. The van der Waals surface area contributed by atoms with Crippen molar-refractivity contribution in [2.45, 2.75) is 39.7 Å². The molecule has 0 saturated carbocycles. The fourth-order valence-electron chi connectivity index (χ4n) is 4.02. The maximum absolute atomic E-state index is 12.9. The zero-order valence-corrected chi connectivity index (χ0v) is 16.7. The smallest absolute Gasteiger partial charge is 0.178 e. The maximum atomic E-state index is 12.9. The number of rotatable bonds is 5. The SMILES string of the molecule is Cc1ccc(-n2c(C)cc(C(=O)CN3CCC(N(C)C)CC3)c2C)cc1. The molecule has 0 atom stereocenters. The Morgan fingerprint density at radius 2 is 1.69 bits per heavy atom. The number of carbonyl (C=O) groups is 1. The third kappa shape index (κ3) is 3.92. The van der Waals surface area contributed by atoms with Crippen LogP contribution in [0.25, 0.3) is 5.69 Å². The second-order valence-electron chi connectivity index (χ2n) is 7.85. The number of hydrogen-bond donors (Lipinski definition) is 0. The van der Waals surface area contributed by atoms with Crippen LogP contribution in [0.3, 0.4) is 0 Å². The number of benzene rings is 1. The van der Waals surface area contributed by atoms with Crippen LogP contribution in [-0.4, -0.2) is 59.9 Å². The summed E-state index contributed by atoms with van der Waals surface area (Å²) in [6, 6.07) is 11.2. The highest BCUT2D eigenvalue weighted by Gasteiger charge is 2.24. The van der Waals surface area contributed by atoms with Crippen molar-refractivity contribution in [2.75, 3.05) is 33.7 Å². The van der Waals surface area contributed by atoms with E-state index < -0.39 is 0 Å². The number of piperidine rings is 1. The lowest BCUT2D eigenvalue weighted by Crippen LogP contribution is -2.43. The van der Waals surface area contributed by atoms with Gasteiger partial charge in [-0.3, -0.25) is 9.69 Å². The molecule has 1 aromatic heterocycles. The summed E-state index contributed by atoms with van der Waals surface area (Å²) in [5.41, 5.74) is 5.38. The van der Waals surface area contributed by atoms with Gasteiger partial charge in [-0.05, 0) is 65.9 Å². The Hall–Kier alpha value is -1.91. The lowest BCUT2D eigenvalue weighted by Gasteiger charge is -2.34. The van der Waals surface area contributed by atoms with Crippen molar-refractivity contribution in [1.82, 2.24) is 14.4 Å². The quantitative estimate of drug-likeness (QED) is 0.769. The summed E-state index contributed by atoms with van der Waals surface area (Å²) in [5.74, 6) is 0.236. The highest BCUT2D eigenvalue weighted by molar-refractivity contribution is 5.99. The van der Waals surface area contributed by atoms with Crippen molar-refractivity contribution < 1.29 is 4.79 Å². The molecule has 1 fully saturated rings. The van der Waals surface area contributed by atoms with Crippen molar-refractivity contribution >= 4 is 5.78 Å². The van der Waals surface area contributed by atoms with E-state index in [0.29, 0.717) is 12.6 Å². The first-order valence-corrected chi connectivity index (χ1v) is 9.55. The molecule has 0 unspecified atom stereocenters. The van der Waals surface area contributed by atoms with Crippen molar-refractivity contribution in [2.24, 2.45) is 0 Å². The van der Waals surface area contributed by atoms with Crippen molar-refractivity contribution in [3.05, 3.63) is 52.8 Å². The summed E-state index contributed by atoms with van der Waals surface area (Å²) in [7, 11) is 4.29. The van der Waals surface area contributed by atoms with Crippen LogP contribution in [0.4, 0.5) is 0 Å². The number of aryl methyl sites for hydroxylation is 2. The Morgan fingerprint density at radius 3 is 2.27 bits per heavy atom. The minimum atomic E-state index is 0.236. The van der Waals surface area contributed by atoms with Crippen molar-refractivity contribution in [3.8, 4) is 5.69 Å². The highest BCUT2D eigenvalue weighted by atomic mass is 16.1. The van der Waals surface area contributed by atoms with Crippen LogP contribution < -0.4 is 0 Å². The van der Waals surface area contributed by atoms with E-state index in [1.165, 1.54) is 5.56 Å². The fraction of sp³-hybridized carbons (Fsp3) is 0.500. The number of aromatic nitrogens is 1. The molecule has 4 heteroatoms. The molecule has 2 heterocycles. The Kier molecular flexibility index (Phi) is 5.64. The van der Waals surface area contributed by atoms with Gasteiger partial charge in [-0.15, -0.1) is 0 Å². The molecule has 4 nitrogen and oxygen atoms in total. The first-order valence-electron chi connectivity index (χ1n) is 9.55. The topological polar surface area (TPSA) is 28.5 Å². The molecule has 0 N–H and O–H groups in total. The van der Waals surface area contributed by atoms with Crippen LogP contribution in [0.1, 0.15) is 40.2 Å². The molecule has 1 aliphatic rings. The van der Waals surface area contributed by atoms with Gasteiger partial charge < -0.3 is 9.47 Å². The summed E-state index contributed by atoms with van der Waals surface area (Å²) >= 11 is 0. The van der Waals surface area contributed by atoms with Gasteiger partial charge in [-0.1, -0.05) is 17.7 Å². The highest BCUT2D eigenvalue weighted by Crippen LogP contribution is 2.22. The summed E-state index contributed by atoms with van der Waals surface area (Å²) < 4.78 is 2.19. The molecule has 0 bridgehead atoms. The Balaban J connectivity index is 1.73. The predicted octanol–water partition coefficient (Wildman–Crippen LogP) is 3.61. The molecule has 0 radical (unpaired) electrons. The molecule has 0 amide bonds. The van der Waals surface area contributed by atoms with Crippen LogP contribution in [-0.2, 0) is 0 Å². The van der Waals surface area contributed by atoms with Gasteiger partial charge in [0, 0.05) is 41.8 Å². The molecule has 1 saturated heterocycles. The van der Waals surface area contributed by atoms with Crippen LogP contribution in [0, 0.1) is 20.8 Å². The molecule has 140 valence electrons. The zero-order valence-electron chi connectivity index (χ0n) is 16.7. The Morgan fingerprint density at radius 1 is 1.08 bits per heavy atom. The molecular weight excluding hydrogens is 322 g/mol. The van der Waals surface area contributed by atoms with E-state index >= 15 is 0 Å². The molecule has 1 aliphatic heterocycles. The Bertz CT molecular complexity index is 765. The van der Waals surface area contributed by atoms with E-state index in [1.54, 1.807) is 0 Å². The third-order valence-corrected chi connectivity index (χ3v) is 5.68. The van der Waals surface area contributed by atoms with Gasteiger partial charge in [0.2, 0.25) is 0 Å². The molecular formula is C22H31N3O. The number of nitrogens with zero attached hydrogens (tertiary/aromatic N) is 3. The summed E-state index contributed by atoms with van der Waals surface area (Å²) in [4.78, 5) is 17.5. The number of Topliss-reactive ketones (excluding diaryl/α,β-unsaturated/α-hetero) is 1. The predicted molar refractivity (Wildman–Crippen MR) is 107 cm³/mol. The van der Waals surface area contributed by atoms with Gasteiger partial charge in [0.1, 0.15) is 0 Å². The summed E-state index contributed by atoms with van der Waals surface area (Å²) in [5, 5.41) is 0. The van der Waals surface area contributed by atoms with Gasteiger partial charge in [0.15, 0.2) is 5.78 Å². The molecule has 3 rings (SSSR count). The standard InChI is InChI=1S/C22H31N3O/c1-16-6-8-20(9-7-16)25-17(2)14-21(18(25)3)22(26)15-24-12-10-19(11-13-24)23(4)5/h6-9,14,19H,10-13,15H2,1-5H3. The van der Waals surface area contributed by atoms with Gasteiger partial charge in [0.05, 0.1) is 6.54 Å². The summed E-state index contributed by atoms with van der Waals surface area (Å²) in [6.45, 7) is 8.76. The average Bonchev–Trinajstić information content (AvgIpc) is 2.91. The Labute approximate surface area is 157 Å². The largest absolute Gasteiger partial charge is 0.318 e. The van der Waals surface area contributed by atoms with Crippen LogP contribution in [0.2, 0.25) is 0 Å². The van der Waals surface area contributed by atoms with Crippen LogP contribution in [0.15, 0.2) is 30.3 Å². The van der Waals surface area contributed by atoms with E-state index in [4.69, 9.17) is 0 Å². The van der Waals surface area contributed by atoms with E-state index in [9.17, 15) is 4.79 Å². The number of ketones is 1. The second kappa shape index (κ2) is 7.77. The lowest BCUT2D eigenvalue weighted by molar-refractivity contribution is 0.0873. The van der Waals surface area contributed by atoms with Gasteiger partial charge in [-0.25, -0.2) is 0 Å². The first-order chi connectivity index (χ1) is 12.4. The van der Waals surface area contributed by atoms with E-state index in [2.05, 4.69) is 73.5 Å². The van der Waals surface area contributed by atoms with Crippen molar-refractivity contribution in [3.63, 3.8) is 0 Å². The third-order valence-electron chi connectivity index (χ3n) is 5.68. The number of carbonyl (C=O) groups excluding carboxylic acids is 1. The zero-order chi connectivity index (χ0) is 18.8. The van der Waals surface area contributed by atoms with Gasteiger partial charge in [-0.2, -0.15) is 0 Å². The van der Waals surface area contributed by atoms with Crippen LogP contribution >= 0.6 is 0 Å². The van der Waals surface area contributed by atoms with Crippen molar-refractivity contribution in [1.29, 1.82) is 0 Å². The molecule has 2 aromatic rings. The monoisotopic (exact) mass is 353 g/mol. The molecule has 1 aromatic carbocycles. The normalized spacial score (nSPS) is 16.4. The lowest BCUT2D eigenvalue weighted by atomic mass is 10.0. The number of likely N-dealkylation sites (tertiary alicyclic amines) is 1. The minimum Gasteiger partial charge on any atom is -0.318 e. The van der Waals surface area contributed by atoms with Gasteiger partial charge in [0.25, 0.3) is 0 Å². The van der Waals surface area contributed by atoms with E-state index in [-0.39, 0.29) is 5.78 Å². The van der Waals surface area contributed by atoms with E-state index in [0.717, 1.165) is 48.6 Å². The first kappa shape index (κ1) is 18.9. The minimum absolute atomic E-state index is 0.236. The average molecular weight is 354 g/mol. The maximum Gasteiger partial charge on any atom is 0.178 e. The van der Waals surface area contributed by atoms with Gasteiger partial charge >= 0.3 is 0 Å². The second-order valence-corrected chi connectivity index (χ2v) is 7.85. The van der Waals surface area contributed by atoms with E-state index in [1.807, 2.05) is 6.07 Å². The fourth-order valence-corrected chi connectivity index (χ4v) is 4.02. The molecule has 0 spiro atoms. The van der Waals surface area contributed by atoms with Crippen LogP contribution in [0.5, 0.6) is 0 Å².